The maximum absolute atomic E-state index is 6.16. The largest absolute Gasteiger partial charge is 0.327 e. The summed E-state index contributed by atoms with van der Waals surface area (Å²) in [5, 5.41) is 0. The summed E-state index contributed by atoms with van der Waals surface area (Å²) >= 11 is 0. The van der Waals surface area contributed by atoms with Gasteiger partial charge in [-0.1, -0.05) is 26.7 Å². The molecule has 0 heterocycles. The average Bonchev–Trinajstić information content (AvgIpc) is 3.00. The number of nitrogens with two attached hydrogens (primary N) is 1. The Balaban J connectivity index is 1.65. The fraction of sp³-hybridized carbons (Fsp3) is 1.00. The van der Waals surface area contributed by atoms with E-state index < -0.39 is 0 Å². The van der Waals surface area contributed by atoms with E-state index in [0.29, 0.717) is 6.04 Å². The lowest BCUT2D eigenvalue weighted by Gasteiger charge is -2.12. The van der Waals surface area contributed by atoms with Gasteiger partial charge in [-0.3, -0.25) is 0 Å². The standard InChI is InChI=1S/C13H25N/c1-3-4-9(2)12-7-11(12)8-13(14)10-5-6-10/h9-13H,3-8,14H2,1-2H3. The van der Waals surface area contributed by atoms with Crippen LogP contribution in [0.4, 0.5) is 0 Å². The van der Waals surface area contributed by atoms with Crippen molar-refractivity contribution < 1.29 is 0 Å². The van der Waals surface area contributed by atoms with Gasteiger partial charge in [-0.2, -0.15) is 0 Å². The van der Waals surface area contributed by atoms with Gasteiger partial charge in [-0.05, 0) is 49.4 Å². The minimum absolute atomic E-state index is 0.541. The monoisotopic (exact) mass is 195 g/mol. The van der Waals surface area contributed by atoms with Crippen LogP contribution in [0.5, 0.6) is 0 Å². The molecule has 2 aliphatic carbocycles. The Labute approximate surface area is 88.4 Å². The van der Waals surface area contributed by atoms with Crippen LogP contribution in [0, 0.1) is 23.7 Å². The van der Waals surface area contributed by atoms with Gasteiger partial charge in [0, 0.05) is 6.04 Å². The van der Waals surface area contributed by atoms with E-state index in [-0.39, 0.29) is 0 Å². The molecule has 2 fully saturated rings. The van der Waals surface area contributed by atoms with E-state index in [1.807, 2.05) is 0 Å². The molecule has 0 bridgehead atoms. The van der Waals surface area contributed by atoms with Crippen LogP contribution >= 0.6 is 0 Å². The zero-order valence-corrected chi connectivity index (χ0v) is 9.71. The van der Waals surface area contributed by atoms with E-state index in [1.165, 1.54) is 38.5 Å². The van der Waals surface area contributed by atoms with Crippen LogP contribution < -0.4 is 5.73 Å². The third-order valence-electron chi connectivity index (χ3n) is 4.25. The van der Waals surface area contributed by atoms with Crippen molar-refractivity contribution in [2.75, 3.05) is 0 Å². The van der Waals surface area contributed by atoms with E-state index in [9.17, 15) is 0 Å². The molecule has 2 aliphatic rings. The first-order valence-electron chi connectivity index (χ1n) is 6.48. The van der Waals surface area contributed by atoms with Gasteiger partial charge < -0.3 is 5.73 Å². The number of rotatable bonds is 6. The Kier molecular flexibility index (Phi) is 3.16. The molecule has 0 spiro atoms. The van der Waals surface area contributed by atoms with Crippen molar-refractivity contribution in [2.24, 2.45) is 29.4 Å². The van der Waals surface area contributed by atoms with Crippen LogP contribution in [0.3, 0.4) is 0 Å². The SMILES string of the molecule is CCCC(C)C1CC1CC(N)C1CC1. The lowest BCUT2D eigenvalue weighted by Crippen LogP contribution is -2.23. The summed E-state index contributed by atoms with van der Waals surface area (Å²) < 4.78 is 0. The highest BCUT2D eigenvalue weighted by Crippen LogP contribution is 2.50. The lowest BCUT2D eigenvalue weighted by molar-refractivity contribution is 0.408. The predicted molar refractivity (Wildman–Crippen MR) is 61.0 cm³/mol. The van der Waals surface area contributed by atoms with Crippen molar-refractivity contribution in [2.45, 2.75) is 58.4 Å². The zero-order chi connectivity index (χ0) is 10.1. The van der Waals surface area contributed by atoms with E-state index in [2.05, 4.69) is 13.8 Å². The minimum Gasteiger partial charge on any atom is -0.327 e. The molecule has 1 heteroatoms. The van der Waals surface area contributed by atoms with E-state index in [1.54, 1.807) is 0 Å². The molecule has 0 amide bonds. The van der Waals surface area contributed by atoms with Crippen LogP contribution in [0.2, 0.25) is 0 Å². The molecule has 0 aliphatic heterocycles. The summed E-state index contributed by atoms with van der Waals surface area (Å²) in [6.45, 7) is 4.72. The van der Waals surface area contributed by atoms with Gasteiger partial charge in [-0.25, -0.2) is 0 Å². The van der Waals surface area contributed by atoms with Gasteiger partial charge in [0.25, 0.3) is 0 Å². The van der Waals surface area contributed by atoms with Crippen LogP contribution in [0.15, 0.2) is 0 Å². The third kappa shape index (κ3) is 2.50. The second kappa shape index (κ2) is 4.22. The first-order chi connectivity index (χ1) is 6.72. The van der Waals surface area contributed by atoms with Crippen molar-refractivity contribution in [1.82, 2.24) is 0 Å². The first-order valence-corrected chi connectivity index (χ1v) is 6.48. The van der Waals surface area contributed by atoms with Crippen molar-refractivity contribution in [3.05, 3.63) is 0 Å². The fourth-order valence-corrected chi connectivity index (χ4v) is 2.97. The van der Waals surface area contributed by atoms with Crippen LogP contribution in [0.25, 0.3) is 0 Å². The maximum Gasteiger partial charge on any atom is 0.00699 e. The van der Waals surface area contributed by atoms with E-state index in [0.717, 1.165) is 23.7 Å². The molecular formula is C13H25N. The molecule has 2 N–H and O–H groups in total. The summed E-state index contributed by atoms with van der Waals surface area (Å²) in [6, 6.07) is 0.541. The molecule has 2 saturated carbocycles. The fourth-order valence-electron chi connectivity index (χ4n) is 2.97. The van der Waals surface area contributed by atoms with Crippen molar-refractivity contribution in [3.8, 4) is 0 Å². The summed E-state index contributed by atoms with van der Waals surface area (Å²) in [7, 11) is 0. The zero-order valence-electron chi connectivity index (χ0n) is 9.71. The number of hydrogen-bond donors (Lipinski definition) is 1. The molecule has 0 aromatic carbocycles. The smallest absolute Gasteiger partial charge is 0.00699 e. The quantitative estimate of drug-likeness (QED) is 0.692. The molecule has 0 radical (unpaired) electrons. The van der Waals surface area contributed by atoms with Gasteiger partial charge >= 0.3 is 0 Å². The Morgan fingerprint density at radius 3 is 2.64 bits per heavy atom. The number of hydrogen-bond acceptors (Lipinski definition) is 1. The Hall–Kier alpha value is -0.0400. The molecule has 14 heavy (non-hydrogen) atoms. The second-order valence-corrected chi connectivity index (χ2v) is 5.66. The molecule has 2 rings (SSSR count). The minimum atomic E-state index is 0.541. The highest BCUT2D eigenvalue weighted by Gasteiger charge is 2.42. The summed E-state index contributed by atoms with van der Waals surface area (Å²) in [6.07, 6.45) is 8.37. The highest BCUT2D eigenvalue weighted by atomic mass is 14.7. The topological polar surface area (TPSA) is 26.0 Å². The van der Waals surface area contributed by atoms with Crippen molar-refractivity contribution >= 4 is 0 Å². The maximum atomic E-state index is 6.16. The van der Waals surface area contributed by atoms with Gasteiger partial charge in [0.05, 0.1) is 0 Å². The van der Waals surface area contributed by atoms with E-state index >= 15 is 0 Å². The summed E-state index contributed by atoms with van der Waals surface area (Å²) in [4.78, 5) is 0. The Bertz CT molecular complexity index is 186. The lowest BCUT2D eigenvalue weighted by atomic mass is 9.96. The molecule has 0 saturated heterocycles. The molecule has 4 atom stereocenters. The second-order valence-electron chi connectivity index (χ2n) is 5.66. The van der Waals surface area contributed by atoms with Gasteiger partial charge in [0.15, 0.2) is 0 Å². The molecule has 0 aromatic heterocycles. The molecule has 82 valence electrons. The van der Waals surface area contributed by atoms with Crippen LogP contribution in [-0.4, -0.2) is 6.04 Å². The summed E-state index contributed by atoms with van der Waals surface area (Å²) in [5.41, 5.74) is 6.16. The van der Waals surface area contributed by atoms with Gasteiger partial charge in [-0.15, -0.1) is 0 Å². The van der Waals surface area contributed by atoms with Gasteiger partial charge in [0.2, 0.25) is 0 Å². The van der Waals surface area contributed by atoms with E-state index in [4.69, 9.17) is 5.73 Å². The molecule has 4 unspecified atom stereocenters. The Morgan fingerprint density at radius 2 is 2.07 bits per heavy atom. The summed E-state index contributed by atoms with van der Waals surface area (Å²) in [5.74, 6) is 3.88. The van der Waals surface area contributed by atoms with Gasteiger partial charge in [0.1, 0.15) is 0 Å². The van der Waals surface area contributed by atoms with Crippen LogP contribution in [0.1, 0.15) is 52.4 Å². The van der Waals surface area contributed by atoms with Crippen molar-refractivity contribution in [1.29, 1.82) is 0 Å². The normalized spacial score (nSPS) is 35.4. The first kappa shape index (κ1) is 10.5. The molecule has 0 aromatic rings. The van der Waals surface area contributed by atoms with Crippen molar-refractivity contribution in [3.63, 3.8) is 0 Å². The molecule has 1 nitrogen and oxygen atoms in total. The molecular weight excluding hydrogens is 170 g/mol. The third-order valence-corrected chi connectivity index (χ3v) is 4.25. The van der Waals surface area contributed by atoms with Crippen LogP contribution in [-0.2, 0) is 0 Å². The highest BCUT2D eigenvalue weighted by molar-refractivity contribution is 4.95. The Morgan fingerprint density at radius 1 is 1.36 bits per heavy atom. The average molecular weight is 195 g/mol. The predicted octanol–water partition coefficient (Wildman–Crippen LogP) is 3.19.